The van der Waals surface area contributed by atoms with Crippen LogP contribution in [0.3, 0.4) is 0 Å². The van der Waals surface area contributed by atoms with Gasteiger partial charge >= 0.3 is 0 Å². The predicted octanol–water partition coefficient (Wildman–Crippen LogP) is 7.23. The number of fused-ring (bicyclic) bond motifs is 1. The van der Waals surface area contributed by atoms with Crippen LogP contribution in [0.4, 0.5) is 5.69 Å². The van der Waals surface area contributed by atoms with E-state index in [1.54, 1.807) is 25.3 Å². The van der Waals surface area contributed by atoms with Gasteiger partial charge in [0.25, 0.3) is 5.91 Å². The predicted molar refractivity (Wildman–Crippen MR) is 129 cm³/mol. The molecule has 164 valence electrons. The number of anilines is 1. The minimum atomic E-state index is -0.305. The summed E-state index contributed by atoms with van der Waals surface area (Å²) in [6.07, 6.45) is 1.06. The zero-order valence-electron chi connectivity index (χ0n) is 18.5. The standard InChI is InChI=1S/C26H25ClN2O3/c1-5-15(2)17-10-12-23-22(13-17)29-26(32-23)18-9-11-20(27)21(14-18)28-25(30)19-8-6-7-16(3)24(19)31-4/h6-15H,5H2,1-4H3,(H,28,30)/t15-/m1/s1. The summed E-state index contributed by atoms with van der Waals surface area (Å²) >= 11 is 6.37. The third-order valence-corrected chi connectivity index (χ3v) is 6.04. The highest BCUT2D eigenvalue weighted by Crippen LogP contribution is 2.32. The van der Waals surface area contributed by atoms with Gasteiger partial charge in [0.2, 0.25) is 5.89 Å². The van der Waals surface area contributed by atoms with Gasteiger partial charge in [-0.25, -0.2) is 4.98 Å². The number of benzene rings is 3. The number of oxazole rings is 1. The maximum absolute atomic E-state index is 12.9. The number of hydrogen-bond acceptors (Lipinski definition) is 4. The molecule has 0 saturated carbocycles. The molecule has 1 heterocycles. The van der Waals surface area contributed by atoms with E-state index in [1.165, 1.54) is 5.56 Å². The van der Waals surface area contributed by atoms with Gasteiger partial charge in [-0.15, -0.1) is 0 Å². The zero-order chi connectivity index (χ0) is 22.8. The molecule has 1 amide bonds. The lowest BCUT2D eigenvalue weighted by Gasteiger charge is -2.12. The molecule has 1 N–H and O–H groups in total. The summed E-state index contributed by atoms with van der Waals surface area (Å²) < 4.78 is 11.4. The number of carbonyl (C=O) groups excluding carboxylic acids is 1. The molecule has 0 aliphatic carbocycles. The molecule has 5 nitrogen and oxygen atoms in total. The number of aryl methyl sites for hydroxylation is 1. The van der Waals surface area contributed by atoms with Crippen molar-refractivity contribution < 1.29 is 13.9 Å². The van der Waals surface area contributed by atoms with Crippen LogP contribution in [0.25, 0.3) is 22.6 Å². The third-order valence-electron chi connectivity index (χ3n) is 5.72. The smallest absolute Gasteiger partial charge is 0.259 e. The fourth-order valence-corrected chi connectivity index (χ4v) is 3.82. The van der Waals surface area contributed by atoms with Crippen LogP contribution < -0.4 is 10.1 Å². The van der Waals surface area contributed by atoms with Crippen LogP contribution in [0.15, 0.2) is 59.0 Å². The number of carbonyl (C=O) groups is 1. The van der Waals surface area contributed by atoms with Crippen LogP contribution in [0.5, 0.6) is 5.75 Å². The maximum Gasteiger partial charge on any atom is 0.259 e. The molecule has 4 rings (SSSR count). The number of aromatic nitrogens is 1. The fraction of sp³-hybridized carbons (Fsp3) is 0.231. The Morgan fingerprint density at radius 1 is 1.19 bits per heavy atom. The fourth-order valence-electron chi connectivity index (χ4n) is 3.66. The molecule has 0 spiro atoms. The van der Waals surface area contributed by atoms with Crippen LogP contribution in [-0.4, -0.2) is 18.0 Å². The van der Waals surface area contributed by atoms with Crippen LogP contribution in [0.1, 0.15) is 47.7 Å². The Labute approximate surface area is 192 Å². The summed E-state index contributed by atoms with van der Waals surface area (Å²) in [5.41, 5.74) is 5.27. The Balaban J connectivity index is 1.66. The quantitative estimate of drug-likeness (QED) is 0.338. The SMILES string of the molecule is CC[C@@H](C)c1ccc2oc(-c3ccc(Cl)c(NC(=O)c4cccc(C)c4OC)c3)nc2c1. The number of halogens is 1. The van der Waals surface area contributed by atoms with E-state index in [2.05, 4.69) is 36.3 Å². The maximum atomic E-state index is 12.9. The summed E-state index contributed by atoms with van der Waals surface area (Å²) in [7, 11) is 1.55. The van der Waals surface area contributed by atoms with Crippen LogP contribution in [0.2, 0.25) is 5.02 Å². The van der Waals surface area contributed by atoms with Gasteiger partial charge in [-0.05, 0) is 66.8 Å². The van der Waals surface area contributed by atoms with Gasteiger partial charge in [-0.2, -0.15) is 0 Å². The summed E-state index contributed by atoms with van der Waals surface area (Å²) in [4.78, 5) is 17.6. The van der Waals surface area contributed by atoms with Gasteiger partial charge < -0.3 is 14.5 Å². The Kier molecular flexibility index (Phi) is 6.19. The minimum Gasteiger partial charge on any atom is -0.496 e. The highest BCUT2D eigenvalue weighted by Gasteiger charge is 2.17. The van der Waals surface area contributed by atoms with Crippen LogP contribution >= 0.6 is 11.6 Å². The highest BCUT2D eigenvalue weighted by molar-refractivity contribution is 6.34. The second-order valence-electron chi connectivity index (χ2n) is 7.86. The molecule has 0 aliphatic heterocycles. The molecular weight excluding hydrogens is 424 g/mol. The van der Waals surface area contributed by atoms with Crippen molar-refractivity contribution in [3.8, 4) is 17.2 Å². The normalized spacial score (nSPS) is 12.0. The molecule has 0 bridgehead atoms. The lowest BCUT2D eigenvalue weighted by atomic mass is 9.98. The van der Waals surface area contributed by atoms with E-state index in [1.807, 2.05) is 31.2 Å². The Morgan fingerprint density at radius 3 is 2.75 bits per heavy atom. The summed E-state index contributed by atoms with van der Waals surface area (Å²) in [5, 5.41) is 3.30. The second kappa shape index (κ2) is 9.05. The molecule has 3 aromatic carbocycles. The summed E-state index contributed by atoms with van der Waals surface area (Å²) in [6.45, 7) is 6.25. The first kappa shape index (κ1) is 21.9. The van der Waals surface area contributed by atoms with Crippen molar-refractivity contribution in [3.63, 3.8) is 0 Å². The Morgan fingerprint density at radius 2 is 2.00 bits per heavy atom. The van der Waals surface area contributed by atoms with Crippen molar-refractivity contribution in [2.24, 2.45) is 0 Å². The second-order valence-corrected chi connectivity index (χ2v) is 8.27. The van der Waals surface area contributed by atoms with Crippen molar-refractivity contribution in [2.45, 2.75) is 33.1 Å². The topological polar surface area (TPSA) is 64.4 Å². The van der Waals surface area contributed by atoms with Crippen molar-refractivity contribution in [2.75, 3.05) is 12.4 Å². The van der Waals surface area contributed by atoms with Crippen molar-refractivity contribution in [1.82, 2.24) is 4.98 Å². The first-order valence-corrected chi connectivity index (χ1v) is 10.9. The number of rotatable bonds is 6. The molecule has 0 aliphatic rings. The van der Waals surface area contributed by atoms with Crippen LogP contribution in [0, 0.1) is 6.92 Å². The van der Waals surface area contributed by atoms with Gasteiger partial charge in [0, 0.05) is 5.56 Å². The monoisotopic (exact) mass is 448 g/mol. The third kappa shape index (κ3) is 4.21. The lowest BCUT2D eigenvalue weighted by Crippen LogP contribution is -2.14. The average Bonchev–Trinajstić information content (AvgIpc) is 3.23. The number of methoxy groups -OCH3 is 1. The van der Waals surface area contributed by atoms with E-state index < -0.39 is 0 Å². The van der Waals surface area contributed by atoms with E-state index in [9.17, 15) is 4.79 Å². The minimum absolute atomic E-state index is 0.305. The number of para-hydroxylation sites is 1. The molecule has 6 heteroatoms. The molecule has 1 atom stereocenters. The molecule has 1 aromatic heterocycles. The van der Waals surface area contributed by atoms with E-state index in [0.29, 0.717) is 33.8 Å². The van der Waals surface area contributed by atoms with Crippen molar-refractivity contribution in [1.29, 1.82) is 0 Å². The van der Waals surface area contributed by atoms with E-state index in [-0.39, 0.29) is 5.91 Å². The Hall–Kier alpha value is -3.31. The number of nitrogens with one attached hydrogen (secondary N) is 1. The highest BCUT2D eigenvalue weighted by atomic mass is 35.5. The zero-order valence-corrected chi connectivity index (χ0v) is 19.3. The van der Waals surface area contributed by atoms with Gasteiger partial charge in [0.15, 0.2) is 5.58 Å². The molecule has 0 fully saturated rings. The number of amides is 1. The Bertz CT molecular complexity index is 1300. The van der Waals surface area contributed by atoms with Gasteiger partial charge in [-0.1, -0.05) is 43.6 Å². The van der Waals surface area contributed by atoms with E-state index >= 15 is 0 Å². The van der Waals surface area contributed by atoms with Crippen molar-refractivity contribution in [3.05, 3.63) is 76.3 Å². The van der Waals surface area contributed by atoms with E-state index in [0.717, 1.165) is 28.6 Å². The van der Waals surface area contributed by atoms with Crippen LogP contribution in [-0.2, 0) is 0 Å². The molecule has 0 radical (unpaired) electrons. The first-order chi connectivity index (χ1) is 15.4. The molecule has 0 saturated heterocycles. The van der Waals surface area contributed by atoms with Gasteiger partial charge in [0.1, 0.15) is 11.3 Å². The molecular formula is C26H25ClN2O3. The van der Waals surface area contributed by atoms with E-state index in [4.69, 9.17) is 20.8 Å². The summed E-state index contributed by atoms with van der Waals surface area (Å²) in [5.74, 6) is 1.16. The van der Waals surface area contributed by atoms with Crippen molar-refractivity contribution >= 4 is 34.3 Å². The average molecular weight is 449 g/mol. The number of nitrogens with zero attached hydrogens (tertiary/aromatic N) is 1. The lowest BCUT2D eigenvalue weighted by molar-refractivity contribution is 0.102. The number of hydrogen-bond donors (Lipinski definition) is 1. The first-order valence-electron chi connectivity index (χ1n) is 10.6. The molecule has 32 heavy (non-hydrogen) atoms. The summed E-state index contributed by atoms with van der Waals surface area (Å²) in [6, 6.07) is 16.8. The largest absolute Gasteiger partial charge is 0.496 e. The van der Waals surface area contributed by atoms with Gasteiger partial charge in [-0.3, -0.25) is 4.79 Å². The molecule has 0 unspecified atom stereocenters. The molecule has 4 aromatic rings. The number of ether oxygens (including phenoxy) is 1. The van der Waals surface area contributed by atoms with Gasteiger partial charge in [0.05, 0.1) is 23.4 Å².